The minimum absolute atomic E-state index is 0.0972. The van der Waals surface area contributed by atoms with Crippen LogP contribution in [0.4, 0.5) is 0 Å². The topological polar surface area (TPSA) is 76.5 Å². The molecule has 0 saturated carbocycles. The number of nitrogens with zero attached hydrogens (tertiary/aromatic N) is 3. The summed E-state index contributed by atoms with van der Waals surface area (Å²) in [5.41, 5.74) is 2.87. The normalized spacial score (nSPS) is 11.2. The molecule has 2 rings (SSSR count). The van der Waals surface area contributed by atoms with Crippen LogP contribution in [0.2, 0.25) is 0 Å². The van der Waals surface area contributed by atoms with Gasteiger partial charge in [-0.3, -0.25) is 15.0 Å². The second kappa shape index (κ2) is 8.56. The summed E-state index contributed by atoms with van der Waals surface area (Å²) in [4.78, 5) is 31.0. The molecule has 0 saturated heterocycles. The predicted octanol–water partition coefficient (Wildman–Crippen LogP) is 1.13. The second-order valence-corrected chi connectivity index (χ2v) is 5.43. The summed E-state index contributed by atoms with van der Waals surface area (Å²) in [5, 5.41) is 0.464. The molecule has 2 aromatic rings. The quantitative estimate of drug-likeness (QED) is 0.734. The van der Waals surface area contributed by atoms with Crippen molar-refractivity contribution in [2.75, 3.05) is 38.3 Å². The van der Waals surface area contributed by atoms with Gasteiger partial charge >= 0.3 is 0 Å². The van der Waals surface area contributed by atoms with Crippen LogP contribution in [0.5, 0.6) is 0 Å². The fourth-order valence-corrected chi connectivity index (χ4v) is 2.43. The number of likely N-dealkylation sites (N-methyl/N-ethyl adjacent to an activating group) is 1. The third-order valence-corrected chi connectivity index (χ3v) is 3.86. The van der Waals surface area contributed by atoms with Crippen LogP contribution >= 0.6 is 0 Å². The highest BCUT2D eigenvalue weighted by Crippen LogP contribution is 2.06. The summed E-state index contributed by atoms with van der Waals surface area (Å²) in [6.07, 6.45) is 0. The number of carbonyl (C=O) groups is 1. The van der Waals surface area contributed by atoms with Crippen LogP contribution < -0.4 is 11.0 Å². The maximum Gasteiger partial charge on any atom is 0.280 e. The highest BCUT2D eigenvalue weighted by Gasteiger charge is 2.10. The van der Waals surface area contributed by atoms with Gasteiger partial charge in [0, 0.05) is 6.54 Å². The lowest BCUT2D eigenvalue weighted by Gasteiger charge is -2.17. The summed E-state index contributed by atoms with van der Waals surface area (Å²) in [6, 6.07) is 7.05. The van der Waals surface area contributed by atoms with Gasteiger partial charge < -0.3 is 9.64 Å². The predicted molar refractivity (Wildman–Crippen MR) is 93.7 cm³/mol. The number of aryl methyl sites for hydroxylation is 1. The lowest BCUT2D eigenvalue weighted by molar-refractivity contribution is -0.121. The minimum atomic E-state index is -0.378. The van der Waals surface area contributed by atoms with Gasteiger partial charge in [-0.2, -0.15) is 0 Å². The molecule has 1 aromatic heterocycles. The molecule has 0 fully saturated rings. The van der Waals surface area contributed by atoms with Crippen molar-refractivity contribution in [1.82, 2.24) is 14.6 Å². The number of benzene rings is 1. The van der Waals surface area contributed by atoms with Gasteiger partial charge in [0.15, 0.2) is 0 Å². The van der Waals surface area contributed by atoms with Gasteiger partial charge in [-0.05, 0) is 32.1 Å². The summed E-state index contributed by atoms with van der Waals surface area (Å²) in [7, 11) is 0. The number of aromatic nitrogens is 2. The van der Waals surface area contributed by atoms with E-state index in [0.717, 1.165) is 19.6 Å². The first-order chi connectivity index (χ1) is 11.6. The standard InChI is InChI=1S/C17H24N4O3/c1-4-20(5-2)10-11-24-12-16(22)19-21-13(3)18-15-9-7-6-8-14(15)17(21)23/h6-9H,4-5,10-12H2,1-3H3,(H,19,22). The van der Waals surface area contributed by atoms with E-state index in [4.69, 9.17) is 4.74 Å². The van der Waals surface area contributed by atoms with Crippen molar-refractivity contribution in [2.45, 2.75) is 20.8 Å². The van der Waals surface area contributed by atoms with Gasteiger partial charge in [0.1, 0.15) is 12.4 Å². The molecule has 7 nitrogen and oxygen atoms in total. The lowest BCUT2D eigenvalue weighted by Crippen LogP contribution is -2.37. The molecule has 0 aliphatic heterocycles. The second-order valence-electron chi connectivity index (χ2n) is 5.43. The maximum absolute atomic E-state index is 12.4. The van der Waals surface area contributed by atoms with E-state index < -0.39 is 0 Å². The molecule has 1 amide bonds. The SMILES string of the molecule is CCN(CC)CCOCC(=O)Nn1c(C)nc2ccccc2c1=O. The van der Waals surface area contributed by atoms with Crippen molar-refractivity contribution in [1.29, 1.82) is 0 Å². The zero-order chi connectivity index (χ0) is 17.5. The van der Waals surface area contributed by atoms with Gasteiger partial charge in [-0.1, -0.05) is 26.0 Å². The molecule has 0 atom stereocenters. The third-order valence-electron chi connectivity index (χ3n) is 3.86. The van der Waals surface area contributed by atoms with Crippen molar-refractivity contribution in [2.24, 2.45) is 0 Å². The van der Waals surface area contributed by atoms with Gasteiger partial charge in [0.25, 0.3) is 11.5 Å². The van der Waals surface area contributed by atoms with Crippen LogP contribution in [0.1, 0.15) is 19.7 Å². The molecule has 0 aliphatic carbocycles. The van der Waals surface area contributed by atoms with E-state index in [1.54, 1.807) is 25.1 Å². The number of ether oxygens (including phenoxy) is 1. The van der Waals surface area contributed by atoms with Crippen LogP contribution in [-0.4, -0.2) is 53.3 Å². The van der Waals surface area contributed by atoms with Crippen molar-refractivity contribution in [3.63, 3.8) is 0 Å². The van der Waals surface area contributed by atoms with E-state index in [1.165, 1.54) is 4.68 Å². The smallest absolute Gasteiger partial charge is 0.280 e. The van der Waals surface area contributed by atoms with Gasteiger partial charge in [0.05, 0.1) is 17.5 Å². The first-order valence-corrected chi connectivity index (χ1v) is 8.15. The Bertz CT molecular complexity index is 753. The average Bonchev–Trinajstić information content (AvgIpc) is 2.59. The van der Waals surface area contributed by atoms with E-state index in [0.29, 0.717) is 23.3 Å². The number of rotatable bonds is 8. The molecule has 0 bridgehead atoms. The minimum Gasteiger partial charge on any atom is -0.370 e. The number of carbonyl (C=O) groups excluding carboxylic acids is 1. The molecular formula is C17H24N4O3. The third kappa shape index (κ3) is 4.39. The Balaban J connectivity index is 1.97. The van der Waals surface area contributed by atoms with E-state index in [2.05, 4.69) is 29.2 Å². The number of hydrogen-bond acceptors (Lipinski definition) is 5. The summed E-state index contributed by atoms with van der Waals surface area (Å²) in [6.45, 7) is 8.88. The van der Waals surface area contributed by atoms with E-state index >= 15 is 0 Å². The largest absolute Gasteiger partial charge is 0.370 e. The molecule has 0 spiro atoms. The van der Waals surface area contributed by atoms with E-state index in [1.807, 2.05) is 6.07 Å². The Morgan fingerprint density at radius 2 is 2.00 bits per heavy atom. The van der Waals surface area contributed by atoms with Crippen molar-refractivity contribution in [3.8, 4) is 0 Å². The van der Waals surface area contributed by atoms with Crippen molar-refractivity contribution in [3.05, 3.63) is 40.4 Å². The molecule has 1 N–H and O–H groups in total. The zero-order valence-corrected chi connectivity index (χ0v) is 14.4. The van der Waals surface area contributed by atoms with E-state index in [-0.39, 0.29) is 18.1 Å². The zero-order valence-electron chi connectivity index (χ0n) is 14.4. The molecule has 7 heteroatoms. The molecule has 1 aromatic carbocycles. The number of amides is 1. The molecule has 1 heterocycles. The van der Waals surface area contributed by atoms with Crippen molar-refractivity contribution >= 4 is 16.8 Å². The van der Waals surface area contributed by atoms with Crippen LogP contribution in [0.25, 0.3) is 10.9 Å². The first kappa shape index (κ1) is 18.1. The Kier molecular flexibility index (Phi) is 6.45. The highest BCUT2D eigenvalue weighted by atomic mass is 16.5. The van der Waals surface area contributed by atoms with Gasteiger partial charge in [0.2, 0.25) is 0 Å². The molecule has 0 aliphatic rings. The number of nitrogens with one attached hydrogen (secondary N) is 1. The van der Waals surface area contributed by atoms with Crippen LogP contribution in [0.15, 0.2) is 29.1 Å². The Morgan fingerprint density at radius 1 is 1.29 bits per heavy atom. The first-order valence-electron chi connectivity index (χ1n) is 8.15. The summed E-state index contributed by atoms with van der Waals surface area (Å²) in [5.74, 6) is 0.0482. The average molecular weight is 332 g/mol. The van der Waals surface area contributed by atoms with Crippen molar-refractivity contribution < 1.29 is 9.53 Å². The molecular weight excluding hydrogens is 308 g/mol. The summed E-state index contributed by atoms with van der Waals surface area (Å²) >= 11 is 0. The summed E-state index contributed by atoms with van der Waals surface area (Å²) < 4.78 is 6.54. The highest BCUT2D eigenvalue weighted by molar-refractivity contribution is 5.85. The van der Waals surface area contributed by atoms with Crippen LogP contribution in [-0.2, 0) is 9.53 Å². The molecule has 24 heavy (non-hydrogen) atoms. The molecule has 0 radical (unpaired) electrons. The Labute approximate surface area is 141 Å². The number of hydrogen-bond donors (Lipinski definition) is 1. The number of para-hydroxylation sites is 1. The van der Waals surface area contributed by atoms with E-state index in [9.17, 15) is 9.59 Å². The fraction of sp³-hybridized carbons (Fsp3) is 0.471. The lowest BCUT2D eigenvalue weighted by atomic mass is 10.2. The maximum atomic E-state index is 12.4. The molecule has 130 valence electrons. The molecule has 0 unspecified atom stereocenters. The number of fused-ring (bicyclic) bond motifs is 1. The van der Waals surface area contributed by atoms with Gasteiger partial charge in [-0.15, -0.1) is 0 Å². The Hall–Kier alpha value is -2.25. The van der Waals surface area contributed by atoms with Gasteiger partial charge in [-0.25, -0.2) is 9.66 Å². The van der Waals surface area contributed by atoms with Crippen LogP contribution in [0, 0.1) is 6.92 Å². The Morgan fingerprint density at radius 3 is 2.71 bits per heavy atom. The van der Waals surface area contributed by atoms with Crippen LogP contribution in [0.3, 0.4) is 0 Å². The fourth-order valence-electron chi connectivity index (χ4n) is 2.43. The monoisotopic (exact) mass is 332 g/mol.